The van der Waals surface area contributed by atoms with Gasteiger partial charge >= 0.3 is 5.97 Å². The van der Waals surface area contributed by atoms with Crippen molar-refractivity contribution in [3.05, 3.63) is 66.6 Å². The number of esters is 1. The molecule has 2 aromatic heterocycles. The zero-order valence-electron chi connectivity index (χ0n) is 13.5. The predicted molar refractivity (Wildman–Crippen MR) is 87.4 cm³/mol. The molecule has 0 spiro atoms. The Morgan fingerprint density at radius 1 is 1.20 bits per heavy atom. The van der Waals surface area contributed by atoms with Crippen LogP contribution in [0.15, 0.2) is 63.8 Å². The molecule has 1 aromatic carbocycles. The van der Waals surface area contributed by atoms with E-state index in [1.807, 2.05) is 30.3 Å². The van der Waals surface area contributed by atoms with Crippen molar-refractivity contribution in [3.63, 3.8) is 0 Å². The number of nitrogens with zero attached hydrogens (tertiary/aromatic N) is 1. The maximum Gasteiger partial charge on any atom is 0.328 e. The summed E-state index contributed by atoms with van der Waals surface area (Å²) in [5, 5.41) is 2.49. The molecular weight excluding hydrogens is 324 g/mol. The molecule has 0 saturated heterocycles. The molecule has 7 nitrogen and oxygen atoms in total. The molecule has 3 aromatic rings. The fourth-order valence-electron chi connectivity index (χ4n) is 2.11. The zero-order chi connectivity index (χ0) is 17.6. The predicted octanol–water partition coefficient (Wildman–Crippen LogP) is 2.80. The SMILES string of the molecule is C[C@H](NC(=O)c1ccco1)C(=O)OCc1ncc(-c2ccccc2)o1. The van der Waals surface area contributed by atoms with Gasteiger partial charge in [0.25, 0.3) is 5.91 Å². The lowest BCUT2D eigenvalue weighted by Gasteiger charge is -2.11. The molecule has 2 heterocycles. The number of amides is 1. The van der Waals surface area contributed by atoms with E-state index in [2.05, 4.69) is 10.3 Å². The first-order valence-corrected chi connectivity index (χ1v) is 7.64. The maximum absolute atomic E-state index is 12.0. The maximum atomic E-state index is 12.0. The number of carbonyl (C=O) groups is 2. The molecule has 25 heavy (non-hydrogen) atoms. The molecule has 0 aliphatic heterocycles. The van der Waals surface area contributed by atoms with E-state index in [0.717, 1.165) is 5.56 Å². The largest absolute Gasteiger partial charge is 0.459 e. The molecule has 3 rings (SSSR count). The Balaban J connectivity index is 1.52. The number of hydrogen-bond acceptors (Lipinski definition) is 6. The van der Waals surface area contributed by atoms with E-state index in [-0.39, 0.29) is 18.3 Å². The Labute approximate surface area is 143 Å². The third-order valence-electron chi connectivity index (χ3n) is 3.40. The van der Waals surface area contributed by atoms with Crippen LogP contribution in [0, 0.1) is 0 Å². The van der Waals surface area contributed by atoms with Gasteiger partial charge in [-0.2, -0.15) is 0 Å². The highest BCUT2D eigenvalue weighted by atomic mass is 16.5. The Kier molecular flexibility index (Phi) is 4.94. The van der Waals surface area contributed by atoms with Crippen molar-refractivity contribution < 1.29 is 23.2 Å². The fourth-order valence-corrected chi connectivity index (χ4v) is 2.11. The monoisotopic (exact) mass is 340 g/mol. The van der Waals surface area contributed by atoms with Gasteiger partial charge in [-0.25, -0.2) is 9.78 Å². The molecule has 0 unspecified atom stereocenters. The third-order valence-corrected chi connectivity index (χ3v) is 3.40. The van der Waals surface area contributed by atoms with Gasteiger partial charge in [0.05, 0.1) is 12.5 Å². The number of aromatic nitrogens is 1. The van der Waals surface area contributed by atoms with Gasteiger partial charge in [-0.15, -0.1) is 0 Å². The first-order valence-electron chi connectivity index (χ1n) is 7.64. The fraction of sp³-hybridized carbons (Fsp3) is 0.167. The van der Waals surface area contributed by atoms with Crippen LogP contribution >= 0.6 is 0 Å². The topological polar surface area (TPSA) is 94.6 Å². The Morgan fingerprint density at radius 3 is 2.72 bits per heavy atom. The minimum absolute atomic E-state index is 0.118. The molecule has 128 valence electrons. The number of hydrogen-bond donors (Lipinski definition) is 1. The smallest absolute Gasteiger partial charge is 0.328 e. The van der Waals surface area contributed by atoms with Gasteiger partial charge in [0.2, 0.25) is 5.89 Å². The van der Waals surface area contributed by atoms with Crippen molar-refractivity contribution in [2.24, 2.45) is 0 Å². The lowest BCUT2D eigenvalue weighted by atomic mass is 10.2. The molecular formula is C18H16N2O5. The van der Waals surface area contributed by atoms with Crippen molar-refractivity contribution in [1.82, 2.24) is 10.3 Å². The average Bonchev–Trinajstić information content (AvgIpc) is 3.32. The molecule has 0 aliphatic rings. The normalized spacial score (nSPS) is 11.7. The summed E-state index contributed by atoms with van der Waals surface area (Å²) in [5.41, 5.74) is 0.881. The van der Waals surface area contributed by atoms with Crippen LogP contribution in [-0.2, 0) is 16.1 Å². The van der Waals surface area contributed by atoms with E-state index in [0.29, 0.717) is 5.76 Å². The van der Waals surface area contributed by atoms with Crippen molar-refractivity contribution in [2.75, 3.05) is 0 Å². The Morgan fingerprint density at radius 2 is 2.00 bits per heavy atom. The number of nitrogens with one attached hydrogen (secondary N) is 1. The highest BCUT2D eigenvalue weighted by molar-refractivity contribution is 5.94. The summed E-state index contributed by atoms with van der Waals surface area (Å²) in [7, 11) is 0. The van der Waals surface area contributed by atoms with Crippen LogP contribution in [0.3, 0.4) is 0 Å². The summed E-state index contributed by atoms with van der Waals surface area (Å²) in [6.45, 7) is 1.40. The van der Waals surface area contributed by atoms with E-state index in [4.69, 9.17) is 13.6 Å². The number of rotatable bonds is 6. The average molecular weight is 340 g/mol. The van der Waals surface area contributed by atoms with Crippen molar-refractivity contribution >= 4 is 11.9 Å². The number of oxazole rings is 1. The van der Waals surface area contributed by atoms with Gasteiger partial charge in [-0.3, -0.25) is 4.79 Å². The van der Waals surface area contributed by atoms with Crippen molar-refractivity contribution in [1.29, 1.82) is 0 Å². The van der Waals surface area contributed by atoms with Crippen LogP contribution in [0.5, 0.6) is 0 Å². The van der Waals surface area contributed by atoms with Crippen LogP contribution in [-0.4, -0.2) is 22.9 Å². The molecule has 0 fully saturated rings. The highest BCUT2D eigenvalue weighted by Gasteiger charge is 2.20. The van der Waals surface area contributed by atoms with Crippen LogP contribution in [0.2, 0.25) is 0 Å². The van der Waals surface area contributed by atoms with Gasteiger partial charge < -0.3 is 18.9 Å². The highest BCUT2D eigenvalue weighted by Crippen LogP contribution is 2.20. The van der Waals surface area contributed by atoms with Gasteiger partial charge in [-0.05, 0) is 19.1 Å². The first-order chi connectivity index (χ1) is 12.1. The summed E-state index contributed by atoms with van der Waals surface area (Å²) in [6.07, 6.45) is 2.95. The number of ether oxygens (including phenoxy) is 1. The van der Waals surface area contributed by atoms with Gasteiger partial charge in [0.1, 0.15) is 6.04 Å². The second-order valence-electron chi connectivity index (χ2n) is 5.26. The summed E-state index contributed by atoms with van der Waals surface area (Å²) >= 11 is 0. The number of carbonyl (C=O) groups excluding carboxylic acids is 2. The first kappa shape index (κ1) is 16.5. The Bertz CT molecular complexity index is 840. The summed E-state index contributed by atoms with van der Waals surface area (Å²) < 4.78 is 15.6. The minimum Gasteiger partial charge on any atom is -0.459 e. The second-order valence-corrected chi connectivity index (χ2v) is 5.26. The second kappa shape index (κ2) is 7.48. The quantitative estimate of drug-likeness (QED) is 0.693. The molecule has 1 atom stereocenters. The summed E-state index contributed by atoms with van der Waals surface area (Å²) in [6, 6.07) is 11.7. The minimum atomic E-state index is -0.832. The molecule has 0 aliphatic carbocycles. The van der Waals surface area contributed by atoms with E-state index in [9.17, 15) is 9.59 Å². The van der Waals surface area contributed by atoms with Crippen LogP contribution in [0.4, 0.5) is 0 Å². The molecule has 0 radical (unpaired) electrons. The van der Waals surface area contributed by atoms with Gasteiger partial charge in [0.15, 0.2) is 18.1 Å². The number of benzene rings is 1. The van der Waals surface area contributed by atoms with E-state index >= 15 is 0 Å². The summed E-state index contributed by atoms with van der Waals surface area (Å²) in [5.74, 6) is -0.0984. The number of furan rings is 1. The van der Waals surface area contributed by atoms with E-state index in [1.54, 1.807) is 12.3 Å². The lowest BCUT2D eigenvalue weighted by molar-refractivity contribution is -0.147. The Hall–Kier alpha value is -3.35. The molecule has 0 saturated carbocycles. The van der Waals surface area contributed by atoms with Crippen molar-refractivity contribution in [2.45, 2.75) is 19.6 Å². The molecule has 7 heteroatoms. The van der Waals surface area contributed by atoms with Gasteiger partial charge in [0, 0.05) is 5.56 Å². The molecule has 0 bridgehead atoms. The molecule has 1 amide bonds. The van der Waals surface area contributed by atoms with Crippen LogP contribution in [0.1, 0.15) is 23.4 Å². The third kappa shape index (κ3) is 4.14. The van der Waals surface area contributed by atoms with Crippen molar-refractivity contribution in [3.8, 4) is 11.3 Å². The van der Waals surface area contributed by atoms with E-state index in [1.165, 1.54) is 19.3 Å². The zero-order valence-corrected chi connectivity index (χ0v) is 13.5. The standard InChI is InChI=1S/C18H16N2O5/c1-12(20-17(21)14-8-5-9-23-14)18(22)24-11-16-19-10-15(25-16)13-6-3-2-4-7-13/h2-10,12H,11H2,1H3,(H,20,21)/t12-/m0/s1. The van der Waals surface area contributed by atoms with Crippen LogP contribution < -0.4 is 5.32 Å². The summed E-state index contributed by atoms with van der Waals surface area (Å²) in [4.78, 5) is 27.9. The molecule has 1 N–H and O–H groups in total. The van der Waals surface area contributed by atoms with E-state index < -0.39 is 17.9 Å². The van der Waals surface area contributed by atoms with Crippen LogP contribution in [0.25, 0.3) is 11.3 Å². The van der Waals surface area contributed by atoms with Gasteiger partial charge in [-0.1, -0.05) is 30.3 Å². The lowest BCUT2D eigenvalue weighted by Crippen LogP contribution is -2.39.